The van der Waals surface area contributed by atoms with E-state index in [1.807, 2.05) is 12.2 Å². The Labute approximate surface area is 164 Å². The fourth-order valence-corrected chi connectivity index (χ4v) is 2.99. The Kier molecular flexibility index (Phi) is 11.1. The first-order valence-corrected chi connectivity index (χ1v) is 9.91. The maximum atomic E-state index is 4.83. The Morgan fingerprint density at radius 1 is 1.26 bits per heavy atom. The van der Waals surface area contributed by atoms with Gasteiger partial charge in [-0.3, -0.25) is 9.89 Å². The highest BCUT2D eigenvalue weighted by Crippen LogP contribution is 2.11. The van der Waals surface area contributed by atoms with Crippen molar-refractivity contribution in [1.82, 2.24) is 30.3 Å². The summed E-state index contributed by atoms with van der Waals surface area (Å²) >= 11 is 0. The number of aliphatic imine (C=N–C) groups is 1. The molecule has 1 rings (SSSR count). The Bertz CT molecular complexity index is 567. The molecule has 0 saturated heterocycles. The van der Waals surface area contributed by atoms with Gasteiger partial charge in [-0.15, -0.1) is 23.4 Å². The molecule has 1 unspecified atom stereocenters. The van der Waals surface area contributed by atoms with Crippen LogP contribution in [0.5, 0.6) is 0 Å². The van der Waals surface area contributed by atoms with Crippen LogP contribution in [0.1, 0.15) is 33.5 Å². The predicted molar refractivity (Wildman–Crippen MR) is 114 cm³/mol. The van der Waals surface area contributed by atoms with Crippen molar-refractivity contribution in [1.29, 1.82) is 0 Å². The highest BCUT2D eigenvalue weighted by Gasteiger charge is 2.20. The van der Waals surface area contributed by atoms with Crippen LogP contribution < -0.4 is 10.6 Å². The number of hydrogen-bond acceptors (Lipinski definition) is 4. The molecular weight excluding hydrogens is 338 g/mol. The summed E-state index contributed by atoms with van der Waals surface area (Å²) in [7, 11) is 0. The van der Waals surface area contributed by atoms with Crippen LogP contribution in [-0.4, -0.2) is 64.4 Å². The van der Waals surface area contributed by atoms with Crippen molar-refractivity contribution in [2.24, 2.45) is 10.9 Å². The van der Waals surface area contributed by atoms with Crippen LogP contribution in [0.25, 0.3) is 0 Å². The van der Waals surface area contributed by atoms with Gasteiger partial charge in [0.25, 0.3) is 0 Å². The van der Waals surface area contributed by atoms with E-state index < -0.39 is 0 Å². The zero-order valence-corrected chi connectivity index (χ0v) is 17.5. The molecule has 0 aliphatic rings. The first kappa shape index (κ1) is 22.9. The average molecular weight is 376 g/mol. The van der Waals surface area contributed by atoms with Crippen molar-refractivity contribution in [2.45, 2.75) is 46.7 Å². The van der Waals surface area contributed by atoms with Crippen molar-refractivity contribution >= 4 is 5.96 Å². The summed E-state index contributed by atoms with van der Waals surface area (Å²) in [6.07, 6.45) is 6.54. The van der Waals surface area contributed by atoms with Gasteiger partial charge in [-0.1, -0.05) is 32.9 Å². The molecule has 1 atom stereocenters. The number of rotatable bonds is 13. The maximum absolute atomic E-state index is 4.83. The summed E-state index contributed by atoms with van der Waals surface area (Å²) in [5.41, 5.74) is 0. The van der Waals surface area contributed by atoms with Gasteiger partial charge < -0.3 is 15.2 Å². The Morgan fingerprint density at radius 3 is 2.52 bits per heavy atom. The van der Waals surface area contributed by atoms with E-state index in [-0.39, 0.29) is 0 Å². The normalized spacial score (nSPS) is 13.0. The van der Waals surface area contributed by atoms with Crippen LogP contribution in [0.15, 0.2) is 36.6 Å². The molecule has 2 N–H and O–H groups in total. The maximum Gasteiger partial charge on any atom is 0.191 e. The van der Waals surface area contributed by atoms with Gasteiger partial charge in [0, 0.05) is 45.2 Å². The Balaban J connectivity index is 2.70. The molecule has 1 aromatic heterocycles. The van der Waals surface area contributed by atoms with Gasteiger partial charge in [0.2, 0.25) is 0 Å². The average Bonchev–Trinajstić information content (AvgIpc) is 3.09. The minimum absolute atomic E-state index is 0.334. The number of nitrogens with zero attached hydrogens (tertiary/aromatic N) is 5. The summed E-state index contributed by atoms with van der Waals surface area (Å²) in [6.45, 7) is 21.2. The molecule has 1 heterocycles. The van der Waals surface area contributed by atoms with Gasteiger partial charge in [0.05, 0.1) is 6.54 Å². The summed E-state index contributed by atoms with van der Waals surface area (Å²) in [5, 5.41) is 14.8. The van der Waals surface area contributed by atoms with E-state index in [1.165, 1.54) is 0 Å². The molecule has 7 nitrogen and oxygen atoms in total. The molecule has 0 fully saturated rings. The van der Waals surface area contributed by atoms with Crippen molar-refractivity contribution in [2.75, 3.05) is 32.7 Å². The van der Waals surface area contributed by atoms with Gasteiger partial charge in [-0.05, 0) is 12.8 Å². The second-order valence-corrected chi connectivity index (χ2v) is 6.78. The molecule has 7 heteroatoms. The van der Waals surface area contributed by atoms with E-state index in [1.54, 1.807) is 6.33 Å². The lowest BCUT2D eigenvalue weighted by Crippen LogP contribution is -2.44. The summed E-state index contributed by atoms with van der Waals surface area (Å²) in [5.74, 6) is 2.33. The van der Waals surface area contributed by atoms with Crippen LogP contribution in [-0.2, 0) is 13.0 Å². The molecule has 0 radical (unpaired) electrons. The van der Waals surface area contributed by atoms with E-state index in [0.717, 1.165) is 57.5 Å². The predicted octanol–water partition coefficient (Wildman–Crippen LogP) is 2.09. The zero-order valence-electron chi connectivity index (χ0n) is 17.5. The largest absolute Gasteiger partial charge is 0.357 e. The second kappa shape index (κ2) is 13.1. The van der Waals surface area contributed by atoms with E-state index in [2.05, 4.69) is 71.2 Å². The van der Waals surface area contributed by atoms with Crippen LogP contribution in [0.4, 0.5) is 0 Å². The quantitative estimate of drug-likeness (QED) is 0.314. The van der Waals surface area contributed by atoms with Crippen LogP contribution in [0.2, 0.25) is 0 Å². The zero-order chi connectivity index (χ0) is 20.1. The Hall–Kier alpha value is -2.15. The first-order valence-electron chi connectivity index (χ1n) is 9.91. The third kappa shape index (κ3) is 7.95. The van der Waals surface area contributed by atoms with Gasteiger partial charge in [-0.2, -0.15) is 0 Å². The molecule has 0 saturated carbocycles. The van der Waals surface area contributed by atoms with E-state index >= 15 is 0 Å². The third-order valence-corrected chi connectivity index (χ3v) is 4.40. The molecular formula is C20H37N7. The molecule has 0 aliphatic heterocycles. The third-order valence-electron chi connectivity index (χ3n) is 4.40. The minimum Gasteiger partial charge on any atom is -0.357 e. The molecule has 0 bridgehead atoms. The molecule has 0 spiro atoms. The van der Waals surface area contributed by atoms with Crippen molar-refractivity contribution in [3.63, 3.8) is 0 Å². The number of aryl methyl sites for hydroxylation is 1. The van der Waals surface area contributed by atoms with Gasteiger partial charge in [0.1, 0.15) is 12.2 Å². The van der Waals surface area contributed by atoms with Gasteiger partial charge >= 0.3 is 0 Å². The summed E-state index contributed by atoms with van der Waals surface area (Å²) in [6, 6.07) is 0.334. The molecule has 1 aromatic rings. The summed E-state index contributed by atoms with van der Waals surface area (Å²) in [4.78, 5) is 7.19. The van der Waals surface area contributed by atoms with Crippen molar-refractivity contribution in [3.05, 3.63) is 37.5 Å². The van der Waals surface area contributed by atoms with E-state index in [0.29, 0.717) is 12.0 Å². The SMILES string of the molecule is C=CCN(CC=C)C(CN=C(NCC)NCCn1cnnc1CC)C(C)C. The van der Waals surface area contributed by atoms with E-state index in [4.69, 9.17) is 4.99 Å². The van der Waals surface area contributed by atoms with Crippen LogP contribution >= 0.6 is 0 Å². The molecule has 152 valence electrons. The molecule has 0 aliphatic carbocycles. The summed E-state index contributed by atoms with van der Waals surface area (Å²) < 4.78 is 2.07. The fraction of sp³-hybridized carbons (Fsp3) is 0.650. The van der Waals surface area contributed by atoms with Crippen molar-refractivity contribution < 1.29 is 0 Å². The minimum atomic E-state index is 0.334. The monoisotopic (exact) mass is 375 g/mol. The van der Waals surface area contributed by atoms with Crippen molar-refractivity contribution in [3.8, 4) is 0 Å². The molecule has 0 aromatic carbocycles. The fourth-order valence-electron chi connectivity index (χ4n) is 2.99. The lowest BCUT2D eigenvalue weighted by molar-refractivity contribution is 0.195. The number of hydrogen-bond donors (Lipinski definition) is 2. The van der Waals surface area contributed by atoms with Gasteiger partial charge in [0.15, 0.2) is 5.96 Å². The lowest BCUT2D eigenvalue weighted by atomic mass is 10.0. The molecule has 27 heavy (non-hydrogen) atoms. The smallest absolute Gasteiger partial charge is 0.191 e. The second-order valence-electron chi connectivity index (χ2n) is 6.78. The topological polar surface area (TPSA) is 70.4 Å². The first-order chi connectivity index (χ1) is 13.1. The Morgan fingerprint density at radius 2 is 1.96 bits per heavy atom. The number of aromatic nitrogens is 3. The van der Waals surface area contributed by atoms with Gasteiger partial charge in [-0.25, -0.2) is 0 Å². The lowest BCUT2D eigenvalue weighted by Gasteiger charge is -2.32. The van der Waals surface area contributed by atoms with Crippen LogP contribution in [0, 0.1) is 5.92 Å². The highest BCUT2D eigenvalue weighted by atomic mass is 15.3. The number of nitrogens with one attached hydrogen (secondary N) is 2. The standard InChI is InChI=1S/C20H37N7/c1-7-12-26(13-8-2)18(17(5)6)15-23-20(21-10-4)22-11-14-27-16-24-25-19(27)9-3/h7-8,16-18H,1-2,9-15H2,3-6H3,(H2,21,22,23). The highest BCUT2D eigenvalue weighted by molar-refractivity contribution is 5.79. The molecule has 0 amide bonds. The van der Waals surface area contributed by atoms with E-state index in [9.17, 15) is 0 Å². The van der Waals surface area contributed by atoms with Crippen LogP contribution in [0.3, 0.4) is 0 Å². The number of guanidine groups is 1.